The maximum absolute atomic E-state index is 12.0. The molecule has 28 heavy (non-hydrogen) atoms. The normalized spacial score (nSPS) is 10.3. The molecule has 7 nitrogen and oxygen atoms in total. The molecule has 0 bridgehead atoms. The second-order valence-corrected chi connectivity index (χ2v) is 6.40. The van der Waals surface area contributed by atoms with E-state index in [2.05, 4.69) is 24.5 Å². The number of amides is 2. The van der Waals surface area contributed by atoms with Crippen molar-refractivity contribution in [2.45, 2.75) is 19.8 Å². The maximum atomic E-state index is 12.0. The molecule has 7 heteroatoms. The van der Waals surface area contributed by atoms with Gasteiger partial charge in [-0.2, -0.15) is 0 Å². The van der Waals surface area contributed by atoms with Crippen LogP contribution >= 0.6 is 0 Å². The molecular formula is C21H24N2O5. The predicted molar refractivity (Wildman–Crippen MR) is 105 cm³/mol. The topological polar surface area (TPSA) is 93.7 Å². The fourth-order valence-corrected chi connectivity index (χ4v) is 2.36. The molecule has 2 aromatic rings. The minimum absolute atomic E-state index is 0.341. The zero-order chi connectivity index (χ0) is 20.5. The SMILES string of the molecule is COc1cccc(C(=O)NCC(=O)OCC(=O)Nc2ccc(C(C)C)cc2)c1. The third kappa shape index (κ3) is 6.42. The van der Waals surface area contributed by atoms with Crippen LogP contribution in [0.5, 0.6) is 5.75 Å². The summed E-state index contributed by atoms with van der Waals surface area (Å²) in [5.41, 5.74) is 2.14. The Kier molecular flexibility index (Phi) is 7.56. The first-order valence-electron chi connectivity index (χ1n) is 8.86. The molecule has 0 unspecified atom stereocenters. The first-order chi connectivity index (χ1) is 13.4. The second-order valence-electron chi connectivity index (χ2n) is 6.40. The van der Waals surface area contributed by atoms with E-state index in [1.807, 2.05) is 12.1 Å². The first kappa shape index (κ1) is 21.0. The number of esters is 1. The highest BCUT2D eigenvalue weighted by atomic mass is 16.5. The molecule has 0 atom stereocenters. The van der Waals surface area contributed by atoms with Gasteiger partial charge in [-0.3, -0.25) is 14.4 Å². The lowest BCUT2D eigenvalue weighted by Crippen LogP contribution is -2.32. The Labute approximate surface area is 164 Å². The van der Waals surface area contributed by atoms with Crippen molar-refractivity contribution in [1.29, 1.82) is 0 Å². The van der Waals surface area contributed by atoms with Gasteiger partial charge in [0.05, 0.1) is 7.11 Å². The highest BCUT2D eigenvalue weighted by molar-refractivity contribution is 5.97. The standard InChI is InChI=1S/C21H24N2O5/c1-14(2)15-7-9-17(10-8-15)23-19(24)13-28-20(25)12-22-21(26)16-5-4-6-18(11-16)27-3/h4-11,14H,12-13H2,1-3H3,(H,22,26)(H,23,24). The van der Waals surface area contributed by atoms with E-state index >= 15 is 0 Å². The Bertz CT molecular complexity index is 831. The maximum Gasteiger partial charge on any atom is 0.325 e. The summed E-state index contributed by atoms with van der Waals surface area (Å²) in [4.78, 5) is 35.6. The van der Waals surface area contributed by atoms with Crippen LogP contribution in [0.2, 0.25) is 0 Å². The number of carbonyl (C=O) groups is 3. The molecule has 0 aliphatic rings. The van der Waals surface area contributed by atoms with Gasteiger partial charge in [0.2, 0.25) is 0 Å². The molecule has 2 N–H and O–H groups in total. The van der Waals surface area contributed by atoms with Crippen LogP contribution in [0.25, 0.3) is 0 Å². The van der Waals surface area contributed by atoms with Crippen LogP contribution in [0.15, 0.2) is 48.5 Å². The lowest BCUT2D eigenvalue weighted by atomic mass is 10.0. The zero-order valence-electron chi connectivity index (χ0n) is 16.2. The van der Waals surface area contributed by atoms with Crippen molar-refractivity contribution in [3.8, 4) is 5.75 Å². The quantitative estimate of drug-likeness (QED) is 0.683. The predicted octanol–water partition coefficient (Wildman–Crippen LogP) is 2.73. The summed E-state index contributed by atoms with van der Waals surface area (Å²) >= 11 is 0. The minimum atomic E-state index is -0.707. The van der Waals surface area contributed by atoms with Gasteiger partial charge >= 0.3 is 5.97 Å². The summed E-state index contributed by atoms with van der Waals surface area (Å²) in [6.45, 7) is 3.40. The van der Waals surface area contributed by atoms with Crippen LogP contribution in [0, 0.1) is 0 Å². The van der Waals surface area contributed by atoms with Gasteiger partial charge in [-0.15, -0.1) is 0 Å². The summed E-state index contributed by atoms with van der Waals surface area (Å²) in [5, 5.41) is 5.09. The molecule has 0 fully saturated rings. The number of rotatable bonds is 8. The molecule has 148 valence electrons. The van der Waals surface area contributed by atoms with E-state index in [1.165, 1.54) is 7.11 Å². The number of hydrogen-bond acceptors (Lipinski definition) is 5. The van der Waals surface area contributed by atoms with E-state index in [1.54, 1.807) is 36.4 Å². The summed E-state index contributed by atoms with van der Waals surface area (Å²) in [5.74, 6) is -0.664. The van der Waals surface area contributed by atoms with Crippen LogP contribution in [-0.4, -0.2) is 38.0 Å². The number of hydrogen-bond donors (Lipinski definition) is 2. The smallest absolute Gasteiger partial charge is 0.325 e. The van der Waals surface area contributed by atoms with Gasteiger partial charge in [-0.05, 0) is 41.8 Å². The molecule has 0 spiro atoms. The van der Waals surface area contributed by atoms with Crippen molar-refractivity contribution in [3.05, 3.63) is 59.7 Å². The summed E-state index contributed by atoms with van der Waals surface area (Å²) < 4.78 is 9.93. The van der Waals surface area contributed by atoms with E-state index < -0.39 is 24.4 Å². The van der Waals surface area contributed by atoms with Gasteiger partial charge in [-0.25, -0.2) is 0 Å². The molecule has 0 saturated carbocycles. The molecule has 0 radical (unpaired) electrons. The lowest BCUT2D eigenvalue weighted by molar-refractivity contribution is -0.146. The van der Waals surface area contributed by atoms with E-state index in [9.17, 15) is 14.4 Å². The van der Waals surface area contributed by atoms with Crippen molar-refractivity contribution >= 4 is 23.5 Å². The van der Waals surface area contributed by atoms with Crippen LogP contribution in [0.4, 0.5) is 5.69 Å². The highest BCUT2D eigenvalue weighted by Crippen LogP contribution is 2.17. The van der Waals surface area contributed by atoms with Gasteiger partial charge in [-0.1, -0.05) is 32.0 Å². The van der Waals surface area contributed by atoms with Crippen LogP contribution in [-0.2, 0) is 14.3 Å². The number of anilines is 1. The lowest BCUT2D eigenvalue weighted by Gasteiger charge is -2.09. The van der Waals surface area contributed by atoms with Crippen molar-refractivity contribution in [2.75, 3.05) is 25.6 Å². The Morgan fingerprint density at radius 3 is 2.39 bits per heavy atom. The van der Waals surface area contributed by atoms with Crippen molar-refractivity contribution in [3.63, 3.8) is 0 Å². The number of nitrogens with one attached hydrogen (secondary N) is 2. The number of carbonyl (C=O) groups excluding carboxylic acids is 3. The van der Waals surface area contributed by atoms with Gasteiger partial charge < -0.3 is 20.1 Å². The highest BCUT2D eigenvalue weighted by Gasteiger charge is 2.11. The van der Waals surface area contributed by atoms with Crippen molar-refractivity contribution in [2.24, 2.45) is 0 Å². The average molecular weight is 384 g/mol. The van der Waals surface area contributed by atoms with Gasteiger partial charge in [0.1, 0.15) is 12.3 Å². The fraction of sp³-hybridized carbons (Fsp3) is 0.286. The molecule has 2 rings (SSSR count). The third-order valence-corrected chi connectivity index (χ3v) is 3.95. The van der Waals surface area contributed by atoms with Crippen LogP contribution in [0.1, 0.15) is 35.7 Å². The Morgan fingerprint density at radius 2 is 1.75 bits per heavy atom. The van der Waals surface area contributed by atoms with E-state index in [0.717, 1.165) is 5.56 Å². The van der Waals surface area contributed by atoms with E-state index in [-0.39, 0.29) is 6.54 Å². The van der Waals surface area contributed by atoms with Crippen LogP contribution in [0.3, 0.4) is 0 Å². The Balaban J connectivity index is 1.74. The first-order valence-corrected chi connectivity index (χ1v) is 8.86. The Hall–Kier alpha value is -3.35. The summed E-state index contributed by atoms with van der Waals surface area (Å²) in [6, 6.07) is 14.0. The number of ether oxygens (including phenoxy) is 2. The van der Waals surface area contributed by atoms with Crippen molar-refractivity contribution in [1.82, 2.24) is 5.32 Å². The molecule has 0 saturated heterocycles. The van der Waals surface area contributed by atoms with Crippen molar-refractivity contribution < 1.29 is 23.9 Å². The average Bonchev–Trinajstić information content (AvgIpc) is 2.70. The molecule has 0 aliphatic heterocycles. The van der Waals surface area contributed by atoms with Gasteiger partial charge in [0.15, 0.2) is 6.61 Å². The van der Waals surface area contributed by atoms with Gasteiger partial charge in [0, 0.05) is 11.3 Å². The number of benzene rings is 2. The monoisotopic (exact) mass is 384 g/mol. The fourth-order valence-electron chi connectivity index (χ4n) is 2.36. The molecule has 2 aromatic carbocycles. The summed E-state index contributed by atoms with van der Waals surface area (Å²) in [7, 11) is 1.50. The Morgan fingerprint density at radius 1 is 1.04 bits per heavy atom. The molecular weight excluding hydrogens is 360 g/mol. The second kappa shape index (κ2) is 10.1. The van der Waals surface area contributed by atoms with E-state index in [4.69, 9.17) is 9.47 Å². The van der Waals surface area contributed by atoms with E-state index in [0.29, 0.717) is 22.9 Å². The van der Waals surface area contributed by atoms with Crippen LogP contribution < -0.4 is 15.4 Å². The zero-order valence-corrected chi connectivity index (χ0v) is 16.2. The number of methoxy groups -OCH3 is 1. The molecule has 0 heterocycles. The minimum Gasteiger partial charge on any atom is -0.497 e. The molecule has 2 amide bonds. The van der Waals surface area contributed by atoms with Gasteiger partial charge in [0.25, 0.3) is 11.8 Å². The third-order valence-electron chi connectivity index (χ3n) is 3.95. The molecule has 0 aromatic heterocycles. The summed E-state index contributed by atoms with van der Waals surface area (Å²) in [6.07, 6.45) is 0. The largest absolute Gasteiger partial charge is 0.497 e. The molecule has 0 aliphatic carbocycles.